The van der Waals surface area contributed by atoms with E-state index in [0.717, 1.165) is 31.1 Å². The molecule has 1 amide bonds. The number of carbonyl (C=O) groups is 1. The Labute approximate surface area is 125 Å². The number of hydrogen-bond acceptors (Lipinski definition) is 1. The van der Waals surface area contributed by atoms with E-state index in [0.29, 0.717) is 11.3 Å². The van der Waals surface area contributed by atoms with Crippen LogP contribution in [0.25, 0.3) is 0 Å². The number of alkyl halides is 2. The number of carbonyl (C=O) groups excluding carboxylic acids is 1. The Morgan fingerprint density at radius 1 is 1.16 bits per heavy atom. The summed E-state index contributed by atoms with van der Waals surface area (Å²) in [6, 6.07) is 0. The highest BCUT2D eigenvalue weighted by Gasteiger charge is 2.59. The van der Waals surface area contributed by atoms with E-state index in [4.69, 9.17) is 23.2 Å². The second kappa shape index (κ2) is 4.53. The van der Waals surface area contributed by atoms with Crippen LogP contribution in [0.1, 0.15) is 52.4 Å². The molecule has 0 aromatic rings. The van der Waals surface area contributed by atoms with Gasteiger partial charge < -0.3 is 5.32 Å². The van der Waals surface area contributed by atoms with E-state index in [2.05, 4.69) is 19.2 Å². The van der Waals surface area contributed by atoms with Crippen molar-refractivity contribution in [2.75, 3.05) is 0 Å². The first kappa shape index (κ1) is 14.0. The van der Waals surface area contributed by atoms with Crippen molar-refractivity contribution in [2.45, 2.75) is 62.7 Å². The molecule has 4 fully saturated rings. The maximum Gasteiger partial charge on any atom is 0.253 e. The third kappa shape index (κ3) is 2.29. The van der Waals surface area contributed by atoms with Crippen LogP contribution in [0.5, 0.6) is 0 Å². The highest BCUT2D eigenvalue weighted by molar-refractivity contribution is 6.53. The average Bonchev–Trinajstić information content (AvgIpc) is 2.25. The van der Waals surface area contributed by atoms with Gasteiger partial charge in [-0.1, -0.05) is 37.0 Å². The molecule has 108 valence electrons. The summed E-state index contributed by atoms with van der Waals surface area (Å²) >= 11 is 11.4. The van der Waals surface area contributed by atoms with Gasteiger partial charge in [0.25, 0.3) is 5.91 Å². The lowest BCUT2D eigenvalue weighted by molar-refractivity contribution is -0.133. The van der Waals surface area contributed by atoms with E-state index >= 15 is 0 Å². The molecule has 2 nitrogen and oxygen atoms in total. The fraction of sp³-hybridized carbons (Fsp3) is 0.933. The van der Waals surface area contributed by atoms with Crippen LogP contribution in [0.3, 0.4) is 0 Å². The molecule has 4 saturated carbocycles. The molecule has 2 atom stereocenters. The van der Waals surface area contributed by atoms with Crippen molar-refractivity contribution in [2.24, 2.45) is 23.2 Å². The lowest BCUT2D eigenvalue weighted by Gasteiger charge is -2.63. The van der Waals surface area contributed by atoms with Gasteiger partial charge in [0, 0.05) is 5.54 Å². The highest BCUT2D eigenvalue weighted by Crippen LogP contribution is 2.64. The molecule has 4 aliphatic carbocycles. The monoisotopic (exact) mass is 303 g/mol. The van der Waals surface area contributed by atoms with E-state index < -0.39 is 4.84 Å². The van der Waals surface area contributed by atoms with Crippen LogP contribution >= 0.6 is 23.2 Å². The molecule has 0 radical (unpaired) electrons. The fourth-order valence-corrected chi connectivity index (χ4v) is 5.58. The number of nitrogens with one attached hydrogen (secondary N) is 1. The quantitative estimate of drug-likeness (QED) is 0.787. The van der Waals surface area contributed by atoms with Crippen molar-refractivity contribution < 1.29 is 4.79 Å². The zero-order chi connectivity index (χ0) is 13.8. The van der Waals surface area contributed by atoms with Gasteiger partial charge in [-0.15, -0.1) is 0 Å². The SMILES string of the molecule is CC(C)C12CC3CC(CC(NC(=O)C(Cl)Cl)(C3)C1)C2. The Hall–Kier alpha value is 0.0500. The van der Waals surface area contributed by atoms with Crippen molar-refractivity contribution in [1.29, 1.82) is 0 Å². The predicted octanol–water partition coefficient (Wildman–Crippen LogP) is 3.90. The third-order valence-corrected chi connectivity index (χ3v) is 6.31. The molecule has 1 N–H and O–H groups in total. The topological polar surface area (TPSA) is 29.1 Å². The minimum Gasteiger partial charge on any atom is -0.348 e. The molecule has 4 rings (SSSR count). The van der Waals surface area contributed by atoms with Gasteiger partial charge in [0.2, 0.25) is 0 Å². The van der Waals surface area contributed by atoms with Crippen molar-refractivity contribution >= 4 is 29.1 Å². The van der Waals surface area contributed by atoms with Crippen LogP contribution in [-0.4, -0.2) is 16.3 Å². The van der Waals surface area contributed by atoms with Gasteiger partial charge in [0.1, 0.15) is 0 Å². The lowest BCUT2D eigenvalue weighted by atomic mass is 9.44. The van der Waals surface area contributed by atoms with Gasteiger partial charge in [0.15, 0.2) is 4.84 Å². The summed E-state index contributed by atoms with van der Waals surface area (Å²) in [5.41, 5.74) is 0.416. The van der Waals surface area contributed by atoms with Gasteiger partial charge in [-0.25, -0.2) is 0 Å². The first-order valence-corrected chi connectivity index (χ1v) is 8.32. The van der Waals surface area contributed by atoms with Gasteiger partial charge in [-0.2, -0.15) is 0 Å². The van der Waals surface area contributed by atoms with Crippen LogP contribution in [0, 0.1) is 23.2 Å². The van der Waals surface area contributed by atoms with Crippen LogP contribution in [0.2, 0.25) is 0 Å². The van der Waals surface area contributed by atoms with Crippen molar-refractivity contribution in [3.63, 3.8) is 0 Å². The molecular weight excluding hydrogens is 281 g/mol. The molecule has 2 unspecified atom stereocenters. The molecule has 0 aliphatic heterocycles. The fourth-order valence-electron chi connectivity index (χ4n) is 5.47. The molecule has 4 bridgehead atoms. The van der Waals surface area contributed by atoms with Gasteiger partial charge in [0.05, 0.1) is 0 Å². The molecule has 0 saturated heterocycles. The van der Waals surface area contributed by atoms with Crippen LogP contribution in [0.4, 0.5) is 0 Å². The molecule has 4 heteroatoms. The van der Waals surface area contributed by atoms with E-state index in [1.165, 1.54) is 19.3 Å². The summed E-state index contributed by atoms with van der Waals surface area (Å²) in [4.78, 5) is 11.0. The second-order valence-corrected chi connectivity index (χ2v) is 8.64. The van der Waals surface area contributed by atoms with Gasteiger partial charge in [-0.3, -0.25) is 4.79 Å². The lowest BCUT2D eigenvalue weighted by Crippen LogP contribution is -2.64. The number of hydrogen-bond donors (Lipinski definition) is 1. The van der Waals surface area contributed by atoms with Crippen LogP contribution < -0.4 is 5.32 Å². The second-order valence-electron chi connectivity index (χ2n) is 7.55. The van der Waals surface area contributed by atoms with Crippen molar-refractivity contribution in [3.8, 4) is 0 Å². The normalized spacial score (nSPS) is 44.1. The molecule has 0 aromatic heterocycles. The minimum atomic E-state index is -0.942. The Morgan fingerprint density at radius 3 is 2.21 bits per heavy atom. The zero-order valence-corrected chi connectivity index (χ0v) is 13.2. The van der Waals surface area contributed by atoms with Crippen LogP contribution in [0.15, 0.2) is 0 Å². The first-order valence-electron chi connectivity index (χ1n) is 7.44. The number of amides is 1. The summed E-state index contributed by atoms with van der Waals surface area (Å²) in [5.74, 6) is 2.06. The van der Waals surface area contributed by atoms with Crippen LogP contribution in [-0.2, 0) is 4.79 Å². The summed E-state index contributed by atoms with van der Waals surface area (Å²) in [6.45, 7) is 4.68. The summed E-state index contributed by atoms with van der Waals surface area (Å²) < 4.78 is 0. The predicted molar refractivity (Wildman–Crippen MR) is 78.3 cm³/mol. The molecule has 0 spiro atoms. The Balaban J connectivity index is 1.85. The standard InChI is InChI=1S/C15H23Cl2NO/c1-9(2)14-4-10-3-11(5-14)7-15(6-10,8-14)18-13(19)12(16)17/h9-12H,3-8H2,1-2H3,(H,18,19). The molecule has 0 aromatic carbocycles. The minimum absolute atomic E-state index is 0.0204. The number of rotatable bonds is 3. The summed E-state index contributed by atoms with van der Waals surface area (Å²) in [5, 5.41) is 3.20. The van der Waals surface area contributed by atoms with Gasteiger partial charge in [-0.05, 0) is 61.7 Å². The highest BCUT2D eigenvalue weighted by atomic mass is 35.5. The molecule has 19 heavy (non-hydrogen) atoms. The maximum atomic E-state index is 11.9. The summed E-state index contributed by atoms with van der Waals surface area (Å²) in [6.07, 6.45) is 7.44. The van der Waals surface area contributed by atoms with E-state index in [1.807, 2.05) is 0 Å². The average molecular weight is 304 g/mol. The Kier molecular flexibility index (Phi) is 3.34. The Bertz CT molecular complexity index is 380. The smallest absolute Gasteiger partial charge is 0.253 e. The third-order valence-electron chi connectivity index (χ3n) is 5.92. The largest absolute Gasteiger partial charge is 0.348 e. The van der Waals surface area contributed by atoms with E-state index in [-0.39, 0.29) is 11.4 Å². The molecular formula is C15H23Cl2NO. The van der Waals surface area contributed by atoms with Gasteiger partial charge >= 0.3 is 0 Å². The Morgan fingerprint density at radius 2 is 1.74 bits per heavy atom. The van der Waals surface area contributed by atoms with Crippen molar-refractivity contribution in [3.05, 3.63) is 0 Å². The van der Waals surface area contributed by atoms with E-state index in [9.17, 15) is 4.79 Å². The molecule has 0 heterocycles. The zero-order valence-electron chi connectivity index (χ0n) is 11.7. The number of halogens is 2. The molecule has 4 aliphatic rings. The maximum absolute atomic E-state index is 11.9. The summed E-state index contributed by atoms with van der Waals surface area (Å²) in [7, 11) is 0. The van der Waals surface area contributed by atoms with E-state index in [1.54, 1.807) is 0 Å². The first-order chi connectivity index (χ1) is 8.84. The van der Waals surface area contributed by atoms with Crippen molar-refractivity contribution in [1.82, 2.24) is 5.32 Å².